The summed E-state index contributed by atoms with van der Waals surface area (Å²) in [5.74, 6) is 0.872. The first kappa shape index (κ1) is 12.8. The topological polar surface area (TPSA) is 54.1 Å². The Bertz CT molecular complexity index is 601. The third-order valence-corrected chi connectivity index (χ3v) is 3.91. The predicted molar refractivity (Wildman–Crippen MR) is 76.5 cm³/mol. The molecule has 1 aliphatic carbocycles. The van der Waals surface area contributed by atoms with Gasteiger partial charge >= 0.3 is 0 Å². The van der Waals surface area contributed by atoms with E-state index in [1.54, 1.807) is 7.11 Å². The molecule has 0 saturated heterocycles. The van der Waals surface area contributed by atoms with E-state index in [0.717, 1.165) is 29.8 Å². The Balaban J connectivity index is 1.76. The number of ether oxygens (including phenoxy) is 1. The van der Waals surface area contributed by atoms with Crippen molar-refractivity contribution in [2.45, 2.75) is 24.8 Å². The molecule has 3 rings (SSSR count). The number of hydrogen-bond donors (Lipinski definition) is 2. The lowest BCUT2D eigenvalue weighted by Crippen LogP contribution is -2.34. The van der Waals surface area contributed by atoms with E-state index in [1.807, 2.05) is 42.6 Å². The minimum atomic E-state index is -0.404. The van der Waals surface area contributed by atoms with Crippen LogP contribution in [0.25, 0.3) is 0 Å². The molecule has 1 fully saturated rings. The van der Waals surface area contributed by atoms with E-state index in [9.17, 15) is 4.79 Å². The lowest BCUT2D eigenvalue weighted by Gasteiger charge is -2.18. The largest absolute Gasteiger partial charge is 0.496 e. The van der Waals surface area contributed by atoms with Crippen LogP contribution in [-0.2, 0) is 16.8 Å². The number of para-hydroxylation sites is 1. The fraction of sp³-hybridized carbons (Fsp3) is 0.312. The maximum atomic E-state index is 12.5. The highest BCUT2D eigenvalue weighted by molar-refractivity contribution is 5.92. The van der Waals surface area contributed by atoms with Crippen LogP contribution in [0, 0.1) is 0 Å². The number of carbonyl (C=O) groups is 1. The van der Waals surface area contributed by atoms with E-state index < -0.39 is 5.41 Å². The number of H-pyrrole nitrogens is 1. The first-order chi connectivity index (χ1) is 9.76. The van der Waals surface area contributed by atoms with Crippen molar-refractivity contribution in [2.24, 2.45) is 0 Å². The smallest absolute Gasteiger partial charge is 0.231 e. The van der Waals surface area contributed by atoms with Crippen molar-refractivity contribution in [1.82, 2.24) is 10.3 Å². The molecule has 1 amide bonds. The quantitative estimate of drug-likeness (QED) is 0.876. The van der Waals surface area contributed by atoms with Crippen molar-refractivity contribution in [3.8, 4) is 5.75 Å². The van der Waals surface area contributed by atoms with Gasteiger partial charge in [-0.3, -0.25) is 4.79 Å². The van der Waals surface area contributed by atoms with Crippen molar-refractivity contribution in [2.75, 3.05) is 7.11 Å². The molecule has 2 N–H and O–H groups in total. The average Bonchev–Trinajstić information content (AvgIpc) is 3.14. The summed E-state index contributed by atoms with van der Waals surface area (Å²) in [4.78, 5) is 15.6. The van der Waals surface area contributed by atoms with E-state index in [-0.39, 0.29) is 5.91 Å². The second kappa shape index (κ2) is 5.04. The zero-order valence-electron chi connectivity index (χ0n) is 11.5. The van der Waals surface area contributed by atoms with Gasteiger partial charge in [-0.2, -0.15) is 0 Å². The Hall–Kier alpha value is -2.23. The fourth-order valence-corrected chi connectivity index (χ4v) is 2.61. The van der Waals surface area contributed by atoms with Crippen LogP contribution >= 0.6 is 0 Å². The number of amides is 1. The van der Waals surface area contributed by atoms with Gasteiger partial charge in [0, 0.05) is 17.5 Å². The number of aromatic nitrogens is 1. The van der Waals surface area contributed by atoms with E-state index in [1.165, 1.54) is 0 Å². The van der Waals surface area contributed by atoms with Crippen LogP contribution in [-0.4, -0.2) is 18.0 Å². The zero-order chi connectivity index (χ0) is 14.0. The molecule has 0 bridgehead atoms. The first-order valence-corrected chi connectivity index (χ1v) is 6.80. The number of rotatable bonds is 5. The highest BCUT2D eigenvalue weighted by Crippen LogP contribution is 2.51. The maximum absolute atomic E-state index is 12.5. The second-order valence-electron chi connectivity index (χ2n) is 5.16. The molecule has 0 radical (unpaired) electrons. The van der Waals surface area contributed by atoms with E-state index >= 15 is 0 Å². The number of methoxy groups -OCH3 is 1. The molecular weight excluding hydrogens is 252 g/mol. The van der Waals surface area contributed by atoms with E-state index in [0.29, 0.717) is 6.54 Å². The van der Waals surface area contributed by atoms with Crippen LogP contribution in [0.5, 0.6) is 5.75 Å². The first-order valence-electron chi connectivity index (χ1n) is 6.80. The highest BCUT2D eigenvalue weighted by atomic mass is 16.5. The molecule has 1 aromatic heterocycles. The number of nitrogens with one attached hydrogen (secondary N) is 2. The second-order valence-corrected chi connectivity index (χ2v) is 5.16. The standard InChI is InChI=1S/C16H18N2O2/c1-20-14-7-3-2-6-13(14)16(8-9-16)15(19)18-11-12-5-4-10-17-12/h2-7,10,17H,8-9,11H2,1H3,(H,18,19). The van der Waals surface area contributed by atoms with Crippen molar-refractivity contribution in [3.05, 3.63) is 53.9 Å². The summed E-state index contributed by atoms with van der Waals surface area (Å²) in [5, 5.41) is 3.01. The van der Waals surface area contributed by atoms with Crippen LogP contribution < -0.4 is 10.1 Å². The van der Waals surface area contributed by atoms with Gasteiger partial charge in [0.2, 0.25) is 5.91 Å². The number of benzene rings is 1. The van der Waals surface area contributed by atoms with Gasteiger partial charge in [0.15, 0.2) is 0 Å². The van der Waals surface area contributed by atoms with Gasteiger partial charge in [0.25, 0.3) is 0 Å². The zero-order valence-corrected chi connectivity index (χ0v) is 11.5. The Morgan fingerprint density at radius 2 is 2.10 bits per heavy atom. The minimum Gasteiger partial charge on any atom is -0.496 e. The van der Waals surface area contributed by atoms with Crippen LogP contribution in [0.1, 0.15) is 24.1 Å². The van der Waals surface area contributed by atoms with Gasteiger partial charge in [0.05, 0.1) is 19.1 Å². The summed E-state index contributed by atoms with van der Waals surface area (Å²) in [6.07, 6.45) is 3.61. The Morgan fingerprint density at radius 3 is 2.75 bits per heavy atom. The normalized spacial score (nSPS) is 15.7. The molecule has 0 aliphatic heterocycles. The van der Waals surface area contributed by atoms with Gasteiger partial charge in [0.1, 0.15) is 5.75 Å². The molecule has 1 aliphatic rings. The Kier molecular flexibility index (Phi) is 3.22. The lowest BCUT2D eigenvalue weighted by atomic mass is 9.94. The molecule has 2 aromatic rings. The number of aromatic amines is 1. The van der Waals surface area contributed by atoms with Gasteiger partial charge < -0.3 is 15.0 Å². The summed E-state index contributed by atoms with van der Waals surface area (Å²) < 4.78 is 5.39. The molecule has 1 aromatic carbocycles. The molecule has 4 nitrogen and oxygen atoms in total. The van der Waals surface area contributed by atoms with E-state index in [2.05, 4.69) is 10.3 Å². The van der Waals surface area contributed by atoms with Crippen LogP contribution in [0.15, 0.2) is 42.6 Å². The van der Waals surface area contributed by atoms with Gasteiger partial charge in [-0.15, -0.1) is 0 Å². The van der Waals surface area contributed by atoms with Gasteiger partial charge in [-0.1, -0.05) is 18.2 Å². The summed E-state index contributed by atoms with van der Waals surface area (Å²) in [5.41, 5.74) is 1.60. The van der Waals surface area contributed by atoms with Crippen LogP contribution in [0.3, 0.4) is 0 Å². The molecule has 0 spiro atoms. The summed E-state index contributed by atoms with van der Waals surface area (Å²) in [6.45, 7) is 0.530. The maximum Gasteiger partial charge on any atom is 0.231 e. The Labute approximate surface area is 118 Å². The molecule has 1 saturated carbocycles. The lowest BCUT2D eigenvalue weighted by molar-refractivity contribution is -0.123. The monoisotopic (exact) mass is 270 g/mol. The number of carbonyl (C=O) groups excluding carboxylic acids is 1. The molecule has 20 heavy (non-hydrogen) atoms. The van der Waals surface area contributed by atoms with Crippen molar-refractivity contribution < 1.29 is 9.53 Å². The third-order valence-electron chi connectivity index (χ3n) is 3.91. The molecular formula is C16H18N2O2. The molecule has 0 unspecified atom stereocenters. The summed E-state index contributed by atoms with van der Waals surface area (Å²) in [7, 11) is 1.64. The molecule has 104 valence electrons. The molecule has 0 atom stereocenters. The SMILES string of the molecule is COc1ccccc1C1(C(=O)NCc2ccc[nH]2)CC1. The van der Waals surface area contributed by atoms with Gasteiger partial charge in [-0.05, 0) is 31.0 Å². The van der Waals surface area contributed by atoms with Crippen molar-refractivity contribution >= 4 is 5.91 Å². The van der Waals surface area contributed by atoms with Crippen molar-refractivity contribution in [3.63, 3.8) is 0 Å². The number of hydrogen-bond acceptors (Lipinski definition) is 2. The minimum absolute atomic E-state index is 0.0802. The van der Waals surface area contributed by atoms with E-state index in [4.69, 9.17) is 4.74 Å². The third kappa shape index (κ3) is 2.18. The summed E-state index contributed by atoms with van der Waals surface area (Å²) >= 11 is 0. The van der Waals surface area contributed by atoms with Gasteiger partial charge in [-0.25, -0.2) is 0 Å². The highest BCUT2D eigenvalue weighted by Gasteiger charge is 2.52. The fourth-order valence-electron chi connectivity index (χ4n) is 2.61. The average molecular weight is 270 g/mol. The van der Waals surface area contributed by atoms with Crippen LogP contribution in [0.2, 0.25) is 0 Å². The molecule has 4 heteroatoms. The van der Waals surface area contributed by atoms with Crippen molar-refractivity contribution in [1.29, 1.82) is 0 Å². The van der Waals surface area contributed by atoms with Crippen LogP contribution in [0.4, 0.5) is 0 Å². The summed E-state index contributed by atoms with van der Waals surface area (Å²) in [6, 6.07) is 11.7. The molecule has 1 heterocycles. The predicted octanol–water partition coefficient (Wildman–Crippen LogP) is 2.37. The Morgan fingerprint density at radius 1 is 1.30 bits per heavy atom.